The Bertz CT molecular complexity index is 671. The standard InChI is InChI=1S/C17H20BrN3O/c1-11(2)9-15(22)21-17(7-8-17)16-19-10-14(20-16)12-3-5-13(18)6-4-12/h3-6,10-11H,7-9H2,1-2H3,(H,19,20)(H,21,22). The van der Waals surface area contributed by atoms with Gasteiger partial charge in [-0.15, -0.1) is 0 Å². The van der Waals surface area contributed by atoms with Crippen LogP contribution in [0.1, 0.15) is 38.9 Å². The molecule has 0 radical (unpaired) electrons. The first-order valence-corrected chi connectivity index (χ1v) is 8.40. The Balaban J connectivity index is 1.76. The minimum Gasteiger partial charge on any atom is -0.343 e. The average molecular weight is 362 g/mol. The van der Waals surface area contributed by atoms with Crippen molar-refractivity contribution in [3.8, 4) is 11.3 Å². The number of nitrogens with zero attached hydrogens (tertiary/aromatic N) is 1. The van der Waals surface area contributed by atoms with Crippen LogP contribution in [-0.4, -0.2) is 15.9 Å². The zero-order valence-corrected chi connectivity index (χ0v) is 14.4. The normalized spacial score (nSPS) is 15.8. The molecule has 2 aromatic rings. The first-order valence-electron chi connectivity index (χ1n) is 7.61. The number of imidazole rings is 1. The van der Waals surface area contributed by atoms with E-state index in [0.29, 0.717) is 12.3 Å². The van der Waals surface area contributed by atoms with E-state index in [2.05, 4.69) is 45.1 Å². The molecule has 5 heteroatoms. The lowest BCUT2D eigenvalue weighted by atomic mass is 10.1. The van der Waals surface area contributed by atoms with Gasteiger partial charge >= 0.3 is 0 Å². The molecule has 2 N–H and O–H groups in total. The summed E-state index contributed by atoms with van der Waals surface area (Å²) in [5.41, 5.74) is 1.79. The smallest absolute Gasteiger partial charge is 0.221 e. The van der Waals surface area contributed by atoms with Crippen LogP contribution >= 0.6 is 15.9 Å². The van der Waals surface area contributed by atoms with Crippen molar-refractivity contribution < 1.29 is 4.79 Å². The molecule has 1 aliphatic rings. The molecule has 0 aliphatic heterocycles. The van der Waals surface area contributed by atoms with Crippen LogP contribution in [0.15, 0.2) is 34.9 Å². The highest BCUT2D eigenvalue weighted by atomic mass is 79.9. The molecule has 3 rings (SSSR count). The van der Waals surface area contributed by atoms with Gasteiger partial charge in [-0.3, -0.25) is 4.79 Å². The summed E-state index contributed by atoms with van der Waals surface area (Å²) < 4.78 is 1.05. The maximum atomic E-state index is 12.0. The second kappa shape index (κ2) is 5.88. The van der Waals surface area contributed by atoms with Gasteiger partial charge in [0.25, 0.3) is 0 Å². The molecule has 1 amide bonds. The molecule has 1 saturated carbocycles. The number of aromatic nitrogens is 2. The molecule has 0 saturated heterocycles. The van der Waals surface area contributed by atoms with Gasteiger partial charge in [-0.25, -0.2) is 4.98 Å². The van der Waals surface area contributed by atoms with E-state index in [1.807, 2.05) is 30.5 Å². The Morgan fingerprint density at radius 1 is 1.36 bits per heavy atom. The molecule has 22 heavy (non-hydrogen) atoms. The maximum absolute atomic E-state index is 12.0. The highest BCUT2D eigenvalue weighted by molar-refractivity contribution is 9.10. The third kappa shape index (κ3) is 3.24. The molecule has 1 aliphatic carbocycles. The van der Waals surface area contributed by atoms with Gasteiger partial charge in [-0.1, -0.05) is 41.9 Å². The molecule has 116 valence electrons. The first-order chi connectivity index (χ1) is 10.5. The second-order valence-electron chi connectivity index (χ2n) is 6.38. The third-order valence-electron chi connectivity index (χ3n) is 3.91. The number of carbonyl (C=O) groups is 1. The largest absolute Gasteiger partial charge is 0.343 e. The lowest BCUT2D eigenvalue weighted by molar-refractivity contribution is -0.122. The van der Waals surface area contributed by atoms with Gasteiger partial charge in [-0.05, 0) is 36.5 Å². The lowest BCUT2D eigenvalue weighted by Crippen LogP contribution is -2.36. The molecule has 1 heterocycles. The summed E-state index contributed by atoms with van der Waals surface area (Å²) in [4.78, 5) is 19.9. The van der Waals surface area contributed by atoms with Crippen LogP contribution in [0.4, 0.5) is 0 Å². The summed E-state index contributed by atoms with van der Waals surface area (Å²) in [7, 11) is 0. The van der Waals surface area contributed by atoms with Crippen LogP contribution in [0.5, 0.6) is 0 Å². The van der Waals surface area contributed by atoms with Crippen molar-refractivity contribution in [2.75, 3.05) is 0 Å². The monoisotopic (exact) mass is 361 g/mol. The number of rotatable bonds is 5. The molecule has 4 nitrogen and oxygen atoms in total. The lowest BCUT2D eigenvalue weighted by Gasteiger charge is -2.16. The number of hydrogen-bond acceptors (Lipinski definition) is 2. The van der Waals surface area contributed by atoms with Crippen LogP contribution in [0.2, 0.25) is 0 Å². The van der Waals surface area contributed by atoms with E-state index in [0.717, 1.165) is 34.4 Å². The van der Waals surface area contributed by atoms with Gasteiger partial charge in [0.2, 0.25) is 5.91 Å². The van der Waals surface area contributed by atoms with Crippen LogP contribution in [0.3, 0.4) is 0 Å². The number of hydrogen-bond donors (Lipinski definition) is 2. The molecule has 1 aromatic carbocycles. The van der Waals surface area contributed by atoms with Crippen molar-refractivity contribution in [1.29, 1.82) is 0 Å². The number of amides is 1. The number of H-pyrrole nitrogens is 1. The van der Waals surface area contributed by atoms with E-state index in [1.54, 1.807) is 0 Å². The van der Waals surface area contributed by atoms with E-state index >= 15 is 0 Å². The van der Waals surface area contributed by atoms with E-state index in [1.165, 1.54) is 0 Å². The van der Waals surface area contributed by atoms with Gasteiger partial charge < -0.3 is 10.3 Å². The van der Waals surface area contributed by atoms with Gasteiger partial charge in [0.15, 0.2) is 0 Å². The number of aromatic amines is 1. The SMILES string of the molecule is CC(C)CC(=O)NC1(c2ncc(-c3ccc(Br)cc3)[nH]2)CC1. The van der Waals surface area contributed by atoms with Crippen LogP contribution in [-0.2, 0) is 10.3 Å². The van der Waals surface area contributed by atoms with Gasteiger partial charge in [-0.2, -0.15) is 0 Å². The van der Waals surface area contributed by atoms with E-state index < -0.39 is 0 Å². The van der Waals surface area contributed by atoms with Crippen molar-refractivity contribution in [2.24, 2.45) is 5.92 Å². The topological polar surface area (TPSA) is 57.8 Å². The van der Waals surface area contributed by atoms with E-state index in [-0.39, 0.29) is 11.4 Å². The van der Waals surface area contributed by atoms with Crippen LogP contribution < -0.4 is 5.32 Å². The summed E-state index contributed by atoms with van der Waals surface area (Å²) in [5.74, 6) is 1.34. The molecule has 1 aromatic heterocycles. The number of nitrogens with one attached hydrogen (secondary N) is 2. The maximum Gasteiger partial charge on any atom is 0.221 e. The Hall–Kier alpha value is -1.62. The summed E-state index contributed by atoms with van der Waals surface area (Å²) in [6, 6.07) is 8.09. The summed E-state index contributed by atoms with van der Waals surface area (Å²) in [6.45, 7) is 4.11. The predicted octanol–water partition coefficient (Wildman–Crippen LogP) is 3.99. The number of benzene rings is 1. The fraction of sp³-hybridized carbons (Fsp3) is 0.412. The fourth-order valence-corrected chi connectivity index (χ4v) is 2.84. The quantitative estimate of drug-likeness (QED) is 0.845. The predicted molar refractivity (Wildman–Crippen MR) is 90.2 cm³/mol. The molecule has 1 fully saturated rings. The Morgan fingerprint density at radius 2 is 2.05 bits per heavy atom. The fourth-order valence-electron chi connectivity index (χ4n) is 2.58. The third-order valence-corrected chi connectivity index (χ3v) is 4.44. The van der Waals surface area contributed by atoms with Crippen LogP contribution in [0, 0.1) is 5.92 Å². The zero-order valence-electron chi connectivity index (χ0n) is 12.8. The molecule has 0 spiro atoms. The molecular formula is C17H20BrN3O. The van der Waals surface area contributed by atoms with Crippen molar-refractivity contribution in [3.05, 3.63) is 40.8 Å². The van der Waals surface area contributed by atoms with E-state index in [9.17, 15) is 4.79 Å². The summed E-state index contributed by atoms with van der Waals surface area (Å²) >= 11 is 3.44. The zero-order chi connectivity index (χ0) is 15.7. The van der Waals surface area contributed by atoms with Crippen molar-refractivity contribution in [2.45, 2.75) is 38.6 Å². The highest BCUT2D eigenvalue weighted by Gasteiger charge is 2.48. The van der Waals surface area contributed by atoms with Crippen LogP contribution in [0.25, 0.3) is 11.3 Å². The minimum atomic E-state index is -0.278. The number of halogens is 1. The Morgan fingerprint density at radius 3 is 2.64 bits per heavy atom. The van der Waals surface area contributed by atoms with Crippen molar-refractivity contribution in [1.82, 2.24) is 15.3 Å². The Labute approximate surface area is 138 Å². The van der Waals surface area contributed by atoms with Gasteiger partial charge in [0.1, 0.15) is 5.82 Å². The van der Waals surface area contributed by atoms with Crippen molar-refractivity contribution in [3.63, 3.8) is 0 Å². The second-order valence-corrected chi connectivity index (χ2v) is 7.30. The van der Waals surface area contributed by atoms with E-state index in [4.69, 9.17) is 0 Å². The van der Waals surface area contributed by atoms with Gasteiger partial charge in [0, 0.05) is 10.9 Å². The first kappa shape index (κ1) is 15.3. The Kier molecular flexibility index (Phi) is 4.08. The summed E-state index contributed by atoms with van der Waals surface area (Å²) in [5, 5.41) is 3.15. The number of carbonyl (C=O) groups excluding carboxylic acids is 1. The molecule has 0 unspecified atom stereocenters. The minimum absolute atomic E-state index is 0.106. The highest BCUT2D eigenvalue weighted by Crippen LogP contribution is 2.44. The average Bonchev–Trinajstić information content (AvgIpc) is 3.05. The molecule has 0 bridgehead atoms. The molecular weight excluding hydrogens is 342 g/mol. The molecule has 0 atom stereocenters. The summed E-state index contributed by atoms with van der Waals surface area (Å²) in [6.07, 6.45) is 4.30. The van der Waals surface area contributed by atoms with Crippen molar-refractivity contribution >= 4 is 21.8 Å². The van der Waals surface area contributed by atoms with Gasteiger partial charge in [0.05, 0.1) is 17.4 Å².